The SMILES string of the molecule is COCCc1ccccc1NC1CCCc2ccccc21. The molecule has 0 spiro atoms. The molecule has 1 N–H and O–H groups in total. The van der Waals surface area contributed by atoms with Gasteiger partial charge >= 0.3 is 0 Å². The van der Waals surface area contributed by atoms with Gasteiger partial charge in [0.2, 0.25) is 0 Å². The summed E-state index contributed by atoms with van der Waals surface area (Å²) in [5, 5.41) is 3.76. The second kappa shape index (κ2) is 6.77. The van der Waals surface area contributed by atoms with Gasteiger partial charge in [0.05, 0.1) is 12.6 Å². The Labute approximate surface area is 127 Å². The van der Waals surface area contributed by atoms with Crippen LogP contribution in [0.3, 0.4) is 0 Å². The van der Waals surface area contributed by atoms with Gasteiger partial charge in [0, 0.05) is 12.8 Å². The molecule has 1 atom stereocenters. The smallest absolute Gasteiger partial charge is 0.0516 e. The van der Waals surface area contributed by atoms with Gasteiger partial charge in [0.25, 0.3) is 0 Å². The highest BCUT2D eigenvalue weighted by molar-refractivity contribution is 5.53. The molecule has 0 heterocycles. The van der Waals surface area contributed by atoms with E-state index >= 15 is 0 Å². The quantitative estimate of drug-likeness (QED) is 0.879. The minimum absolute atomic E-state index is 0.429. The highest BCUT2D eigenvalue weighted by Gasteiger charge is 2.20. The Morgan fingerprint density at radius 1 is 1.10 bits per heavy atom. The van der Waals surface area contributed by atoms with Gasteiger partial charge in [0.15, 0.2) is 0 Å². The number of anilines is 1. The zero-order valence-electron chi connectivity index (χ0n) is 12.6. The highest BCUT2D eigenvalue weighted by atomic mass is 16.5. The second-order valence-corrected chi connectivity index (χ2v) is 5.69. The van der Waals surface area contributed by atoms with E-state index in [2.05, 4.69) is 53.8 Å². The van der Waals surface area contributed by atoms with Crippen LogP contribution in [0.4, 0.5) is 5.69 Å². The Morgan fingerprint density at radius 2 is 1.90 bits per heavy atom. The van der Waals surface area contributed by atoms with Crippen molar-refractivity contribution in [2.24, 2.45) is 0 Å². The molecular formula is C19H23NO. The summed E-state index contributed by atoms with van der Waals surface area (Å²) in [5.41, 5.74) is 5.54. The number of fused-ring (bicyclic) bond motifs is 1. The van der Waals surface area contributed by atoms with Gasteiger partial charge in [-0.3, -0.25) is 0 Å². The fourth-order valence-corrected chi connectivity index (χ4v) is 3.18. The molecule has 0 bridgehead atoms. The van der Waals surface area contributed by atoms with Crippen molar-refractivity contribution in [1.29, 1.82) is 0 Å². The molecule has 0 aromatic heterocycles. The summed E-state index contributed by atoms with van der Waals surface area (Å²) in [6.07, 6.45) is 4.62. The number of hydrogen-bond acceptors (Lipinski definition) is 2. The van der Waals surface area contributed by atoms with Gasteiger partial charge in [-0.15, -0.1) is 0 Å². The van der Waals surface area contributed by atoms with Gasteiger partial charge in [-0.2, -0.15) is 0 Å². The minimum Gasteiger partial charge on any atom is -0.384 e. The van der Waals surface area contributed by atoms with Crippen molar-refractivity contribution in [3.05, 3.63) is 65.2 Å². The fourth-order valence-electron chi connectivity index (χ4n) is 3.18. The number of methoxy groups -OCH3 is 1. The third kappa shape index (κ3) is 3.27. The second-order valence-electron chi connectivity index (χ2n) is 5.69. The van der Waals surface area contributed by atoms with Crippen LogP contribution in [0.5, 0.6) is 0 Å². The van der Waals surface area contributed by atoms with Crippen molar-refractivity contribution in [3.63, 3.8) is 0 Å². The molecule has 110 valence electrons. The van der Waals surface area contributed by atoms with Crippen LogP contribution in [0.1, 0.15) is 35.6 Å². The van der Waals surface area contributed by atoms with Crippen LogP contribution in [-0.4, -0.2) is 13.7 Å². The molecule has 0 fully saturated rings. The monoisotopic (exact) mass is 281 g/mol. The molecule has 0 saturated carbocycles. The summed E-state index contributed by atoms with van der Waals surface area (Å²) in [6, 6.07) is 17.8. The molecule has 3 rings (SSSR count). The molecule has 0 radical (unpaired) electrons. The van der Waals surface area contributed by atoms with E-state index in [1.165, 1.54) is 41.6 Å². The Balaban J connectivity index is 1.81. The number of rotatable bonds is 5. The largest absolute Gasteiger partial charge is 0.384 e. The van der Waals surface area contributed by atoms with E-state index in [1.807, 2.05) is 0 Å². The third-order valence-corrected chi connectivity index (χ3v) is 4.29. The first-order valence-electron chi connectivity index (χ1n) is 7.79. The standard InChI is InChI=1S/C19H23NO/c1-21-14-13-16-8-3-5-11-18(16)20-19-12-6-9-15-7-2-4-10-17(15)19/h2-5,7-8,10-11,19-20H,6,9,12-14H2,1H3. The molecule has 2 aromatic rings. The molecule has 1 aliphatic rings. The van der Waals surface area contributed by atoms with E-state index in [4.69, 9.17) is 4.74 Å². The van der Waals surface area contributed by atoms with Crippen molar-refractivity contribution in [2.45, 2.75) is 31.7 Å². The highest BCUT2D eigenvalue weighted by Crippen LogP contribution is 2.33. The van der Waals surface area contributed by atoms with Crippen LogP contribution in [0.15, 0.2) is 48.5 Å². The van der Waals surface area contributed by atoms with Gasteiger partial charge in [-0.25, -0.2) is 0 Å². The third-order valence-electron chi connectivity index (χ3n) is 4.29. The number of hydrogen-bond donors (Lipinski definition) is 1. The van der Waals surface area contributed by atoms with Crippen molar-refractivity contribution in [1.82, 2.24) is 0 Å². The van der Waals surface area contributed by atoms with E-state index in [1.54, 1.807) is 7.11 Å². The van der Waals surface area contributed by atoms with Crippen LogP contribution in [0.2, 0.25) is 0 Å². The Morgan fingerprint density at radius 3 is 2.81 bits per heavy atom. The van der Waals surface area contributed by atoms with Crippen molar-refractivity contribution >= 4 is 5.69 Å². The van der Waals surface area contributed by atoms with E-state index < -0.39 is 0 Å². The van der Waals surface area contributed by atoms with E-state index in [-0.39, 0.29) is 0 Å². The lowest BCUT2D eigenvalue weighted by molar-refractivity contribution is 0.202. The molecule has 2 aromatic carbocycles. The molecule has 0 aliphatic heterocycles. The number of nitrogens with one attached hydrogen (secondary N) is 1. The molecule has 2 nitrogen and oxygen atoms in total. The van der Waals surface area contributed by atoms with E-state index in [0.29, 0.717) is 6.04 Å². The zero-order valence-corrected chi connectivity index (χ0v) is 12.6. The molecule has 0 saturated heterocycles. The van der Waals surface area contributed by atoms with Gasteiger partial charge < -0.3 is 10.1 Å². The van der Waals surface area contributed by atoms with Crippen molar-refractivity contribution in [3.8, 4) is 0 Å². The minimum atomic E-state index is 0.429. The van der Waals surface area contributed by atoms with Crippen LogP contribution in [0, 0.1) is 0 Å². The van der Waals surface area contributed by atoms with E-state index in [9.17, 15) is 0 Å². The fraction of sp³-hybridized carbons (Fsp3) is 0.368. The maximum atomic E-state index is 5.22. The van der Waals surface area contributed by atoms with Crippen LogP contribution in [-0.2, 0) is 17.6 Å². The number of benzene rings is 2. The van der Waals surface area contributed by atoms with Gasteiger partial charge in [-0.05, 0) is 48.4 Å². The van der Waals surface area contributed by atoms with Crippen molar-refractivity contribution in [2.75, 3.05) is 19.0 Å². The first-order chi connectivity index (χ1) is 10.4. The summed E-state index contributed by atoms with van der Waals surface area (Å²) in [6.45, 7) is 0.764. The summed E-state index contributed by atoms with van der Waals surface area (Å²) in [4.78, 5) is 0. The normalized spacial score (nSPS) is 17.3. The molecule has 2 heteroatoms. The molecule has 1 unspecified atom stereocenters. The average molecular weight is 281 g/mol. The Hall–Kier alpha value is -1.80. The van der Waals surface area contributed by atoms with E-state index in [0.717, 1.165) is 13.0 Å². The molecular weight excluding hydrogens is 258 g/mol. The Kier molecular flexibility index (Phi) is 4.56. The molecule has 1 aliphatic carbocycles. The lowest BCUT2D eigenvalue weighted by atomic mass is 9.87. The average Bonchev–Trinajstić information content (AvgIpc) is 2.54. The maximum absolute atomic E-state index is 5.22. The zero-order chi connectivity index (χ0) is 14.5. The first-order valence-corrected chi connectivity index (χ1v) is 7.79. The molecule has 0 amide bonds. The number of aryl methyl sites for hydroxylation is 1. The van der Waals surface area contributed by atoms with Crippen LogP contribution >= 0.6 is 0 Å². The number of para-hydroxylation sites is 1. The first kappa shape index (κ1) is 14.2. The van der Waals surface area contributed by atoms with Gasteiger partial charge in [0.1, 0.15) is 0 Å². The number of ether oxygens (including phenoxy) is 1. The Bertz CT molecular complexity index is 594. The molecule has 21 heavy (non-hydrogen) atoms. The lowest BCUT2D eigenvalue weighted by Gasteiger charge is -2.28. The summed E-state index contributed by atoms with van der Waals surface area (Å²) in [7, 11) is 1.76. The topological polar surface area (TPSA) is 21.3 Å². The van der Waals surface area contributed by atoms with Gasteiger partial charge in [-0.1, -0.05) is 42.5 Å². The summed E-state index contributed by atoms with van der Waals surface area (Å²) >= 11 is 0. The summed E-state index contributed by atoms with van der Waals surface area (Å²) < 4.78 is 5.22. The predicted molar refractivity (Wildman–Crippen MR) is 87.8 cm³/mol. The predicted octanol–water partition coefficient (Wildman–Crippen LogP) is 4.37. The van der Waals surface area contributed by atoms with Crippen LogP contribution in [0.25, 0.3) is 0 Å². The van der Waals surface area contributed by atoms with Crippen LogP contribution < -0.4 is 5.32 Å². The summed E-state index contributed by atoms with van der Waals surface area (Å²) in [5.74, 6) is 0. The lowest BCUT2D eigenvalue weighted by Crippen LogP contribution is -2.18. The maximum Gasteiger partial charge on any atom is 0.0516 e. The van der Waals surface area contributed by atoms with Crippen molar-refractivity contribution < 1.29 is 4.74 Å².